The van der Waals surface area contributed by atoms with E-state index in [1.54, 1.807) is 19.1 Å². The fourth-order valence-electron chi connectivity index (χ4n) is 4.68. The first-order chi connectivity index (χ1) is 14.2. The highest BCUT2D eigenvalue weighted by Crippen LogP contribution is 2.22. The summed E-state index contributed by atoms with van der Waals surface area (Å²) in [5, 5.41) is 0. The fourth-order valence-corrected chi connectivity index (χ4v) is 5.94. The highest BCUT2D eigenvalue weighted by atomic mass is 32.2. The third kappa shape index (κ3) is 6.28. The maximum Gasteiger partial charge on any atom is 0.240 e. The molecule has 2 heterocycles. The van der Waals surface area contributed by atoms with E-state index in [0.717, 1.165) is 43.1 Å². The molecule has 2 saturated heterocycles. The van der Waals surface area contributed by atoms with E-state index < -0.39 is 10.0 Å². The molecular weight excluding hydrogens is 398 g/mol. The Morgan fingerprint density at radius 1 is 1.13 bits per heavy atom. The molecule has 1 aromatic carbocycles. The Morgan fingerprint density at radius 2 is 1.87 bits per heavy atom. The molecule has 1 unspecified atom stereocenters. The Kier molecular flexibility index (Phi) is 7.93. The molecule has 0 saturated carbocycles. The Bertz CT molecular complexity index is 832. The molecule has 3 rings (SSSR count). The van der Waals surface area contributed by atoms with Gasteiger partial charge in [0.2, 0.25) is 15.9 Å². The van der Waals surface area contributed by atoms with Crippen LogP contribution in [0.1, 0.15) is 50.2 Å². The summed E-state index contributed by atoms with van der Waals surface area (Å²) >= 11 is 0. The van der Waals surface area contributed by atoms with Crippen molar-refractivity contribution in [2.75, 3.05) is 39.3 Å². The van der Waals surface area contributed by atoms with E-state index >= 15 is 0 Å². The van der Waals surface area contributed by atoms with Gasteiger partial charge in [-0.05, 0) is 76.1 Å². The minimum absolute atomic E-state index is 0.0512. The lowest BCUT2D eigenvalue weighted by Gasteiger charge is -2.38. The van der Waals surface area contributed by atoms with Crippen LogP contribution < -0.4 is 4.72 Å². The quantitative estimate of drug-likeness (QED) is 0.715. The summed E-state index contributed by atoms with van der Waals surface area (Å²) in [6.45, 7) is 11.2. The molecule has 2 aliphatic heterocycles. The Labute approximate surface area is 182 Å². The lowest BCUT2D eigenvalue weighted by atomic mass is 9.94. The molecule has 0 bridgehead atoms. The third-order valence-electron chi connectivity index (χ3n) is 6.52. The number of likely N-dealkylation sites (tertiary alicyclic amines) is 2. The van der Waals surface area contributed by atoms with Crippen LogP contribution in [0.2, 0.25) is 0 Å². The minimum atomic E-state index is -3.60. The van der Waals surface area contributed by atoms with Crippen molar-refractivity contribution in [3.05, 3.63) is 29.3 Å². The topological polar surface area (TPSA) is 69.7 Å². The molecule has 1 aromatic rings. The van der Waals surface area contributed by atoms with E-state index in [0.29, 0.717) is 5.92 Å². The average molecular weight is 436 g/mol. The molecule has 0 aromatic heterocycles. The number of rotatable bonds is 7. The zero-order valence-corrected chi connectivity index (χ0v) is 19.5. The molecule has 1 amide bonds. The van der Waals surface area contributed by atoms with Crippen molar-refractivity contribution in [3.63, 3.8) is 0 Å². The second-order valence-electron chi connectivity index (χ2n) is 9.25. The summed E-state index contributed by atoms with van der Waals surface area (Å²) in [6, 6.07) is 5.28. The average Bonchev–Trinajstić information content (AvgIpc) is 2.69. The maximum absolute atomic E-state index is 12.7. The van der Waals surface area contributed by atoms with Crippen LogP contribution in [-0.2, 0) is 14.8 Å². The van der Waals surface area contributed by atoms with Crippen molar-refractivity contribution >= 4 is 15.9 Å². The van der Waals surface area contributed by atoms with Gasteiger partial charge in [0.15, 0.2) is 0 Å². The van der Waals surface area contributed by atoms with Crippen molar-refractivity contribution in [2.45, 2.75) is 57.8 Å². The lowest BCUT2D eigenvalue weighted by molar-refractivity contribution is -0.133. The molecular formula is C23H37N3O3S. The highest BCUT2D eigenvalue weighted by Gasteiger charge is 2.26. The second-order valence-corrected chi connectivity index (χ2v) is 11.0. The van der Waals surface area contributed by atoms with E-state index in [9.17, 15) is 13.2 Å². The number of amides is 1. The summed E-state index contributed by atoms with van der Waals surface area (Å²) in [5.74, 6) is 1.41. The summed E-state index contributed by atoms with van der Waals surface area (Å²) in [6.07, 6.45) is 4.97. The van der Waals surface area contributed by atoms with Crippen LogP contribution in [0, 0.1) is 25.7 Å². The molecule has 30 heavy (non-hydrogen) atoms. The number of nitrogens with one attached hydrogen (secondary N) is 1. The number of aryl methyl sites for hydroxylation is 2. The van der Waals surface area contributed by atoms with Gasteiger partial charge in [-0.25, -0.2) is 13.1 Å². The van der Waals surface area contributed by atoms with Crippen molar-refractivity contribution in [2.24, 2.45) is 11.8 Å². The predicted octanol–water partition coefficient (Wildman–Crippen LogP) is 2.94. The molecule has 168 valence electrons. The fraction of sp³-hybridized carbons (Fsp3) is 0.696. The molecule has 1 N–H and O–H groups in total. The zero-order valence-electron chi connectivity index (χ0n) is 18.7. The summed E-state index contributed by atoms with van der Waals surface area (Å²) in [5.41, 5.74) is 1.75. The van der Waals surface area contributed by atoms with Gasteiger partial charge in [-0.1, -0.05) is 24.6 Å². The van der Waals surface area contributed by atoms with Gasteiger partial charge in [0.1, 0.15) is 0 Å². The van der Waals surface area contributed by atoms with Crippen molar-refractivity contribution < 1.29 is 13.2 Å². The Balaban J connectivity index is 1.46. The van der Waals surface area contributed by atoms with E-state index in [1.165, 1.54) is 32.4 Å². The number of hydrogen-bond acceptors (Lipinski definition) is 4. The van der Waals surface area contributed by atoms with Gasteiger partial charge in [0.05, 0.1) is 4.90 Å². The number of nitrogens with zero attached hydrogens (tertiary/aromatic N) is 2. The van der Waals surface area contributed by atoms with E-state index in [-0.39, 0.29) is 23.8 Å². The normalized spacial score (nSPS) is 21.7. The molecule has 0 aliphatic carbocycles. The van der Waals surface area contributed by atoms with Gasteiger partial charge in [0, 0.05) is 32.6 Å². The van der Waals surface area contributed by atoms with E-state index in [2.05, 4.69) is 16.5 Å². The van der Waals surface area contributed by atoms with E-state index in [4.69, 9.17) is 0 Å². The molecule has 0 radical (unpaired) electrons. The van der Waals surface area contributed by atoms with Crippen LogP contribution >= 0.6 is 0 Å². The first kappa shape index (κ1) is 23.2. The van der Waals surface area contributed by atoms with Gasteiger partial charge in [-0.3, -0.25) is 4.79 Å². The standard InChI is InChI=1S/C23H37N3O3S/c1-18-9-13-25(14-10-18)16-21-5-4-12-26(17-21)23(27)8-11-24-30(28,29)22-7-6-19(2)15-20(22)3/h6-7,15,18,21,24H,4-5,8-14,16-17H2,1-3H3. The van der Waals surface area contributed by atoms with Gasteiger partial charge >= 0.3 is 0 Å². The van der Waals surface area contributed by atoms with Gasteiger partial charge in [-0.2, -0.15) is 0 Å². The molecule has 1 atom stereocenters. The molecule has 7 heteroatoms. The van der Waals surface area contributed by atoms with Crippen LogP contribution in [0.4, 0.5) is 0 Å². The van der Waals surface area contributed by atoms with Crippen LogP contribution in [0.25, 0.3) is 0 Å². The first-order valence-electron chi connectivity index (χ1n) is 11.3. The summed E-state index contributed by atoms with van der Waals surface area (Å²) < 4.78 is 27.8. The first-order valence-corrected chi connectivity index (χ1v) is 12.8. The zero-order chi connectivity index (χ0) is 21.7. The number of benzene rings is 1. The second kappa shape index (κ2) is 10.2. The maximum atomic E-state index is 12.7. The lowest BCUT2D eigenvalue weighted by Crippen LogP contribution is -2.45. The number of sulfonamides is 1. The molecule has 0 spiro atoms. The number of carbonyl (C=O) groups is 1. The molecule has 6 nitrogen and oxygen atoms in total. The van der Waals surface area contributed by atoms with Crippen LogP contribution in [-0.4, -0.2) is 63.4 Å². The number of piperidine rings is 2. The van der Waals surface area contributed by atoms with Crippen molar-refractivity contribution in [1.29, 1.82) is 0 Å². The Morgan fingerprint density at radius 3 is 2.57 bits per heavy atom. The summed E-state index contributed by atoms with van der Waals surface area (Å²) in [4.78, 5) is 17.5. The minimum Gasteiger partial charge on any atom is -0.342 e. The van der Waals surface area contributed by atoms with Gasteiger partial charge in [-0.15, -0.1) is 0 Å². The number of hydrogen-bond donors (Lipinski definition) is 1. The molecule has 2 aliphatic rings. The summed E-state index contributed by atoms with van der Waals surface area (Å²) in [7, 11) is -3.60. The van der Waals surface area contributed by atoms with Crippen LogP contribution in [0.3, 0.4) is 0 Å². The number of carbonyl (C=O) groups excluding carboxylic acids is 1. The van der Waals surface area contributed by atoms with E-state index in [1.807, 2.05) is 17.9 Å². The largest absolute Gasteiger partial charge is 0.342 e. The van der Waals surface area contributed by atoms with Crippen molar-refractivity contribution in [3.8, 4) is 0 Å². The van der Waals surface area contributed by atoms with Gasteiger partial charge < -0.3 is 9.80 Å². The Hall–Kier alpha value is -1.44. The van der Waals surface area contributed by atoms with Gasteiger partial charge in [0.25, 0.3) is 0 Å². The smallest absolute Gasteiger partial charge is 0.240 e. The van der Waals surface area contributed by atoms with Crippen molar-refractivity contribution in [1.82, 2.24) is 14.5 Å². The highest BCUT2D eigenvalue weighted by molar-refractivity contribution is 7.89. The SMILES string of the molecule is Cc1ccc(S(=O)(=O)NCCC(=O)N2CCCC(CN3CCC(C)CC3)C2)c(C)c1. The monoisotopic (exact) mass is 435 g/mol. The van der Waals surface area contributed by atoms with Crippen LogP contribution in [0.5, 0.6) is 0 Å². The third-order valence-corrected chi connectivity index (χ3v) is 8.14. The van der Waals surface area contributed by atoms with Crippen LogP contribution in [0.15, 0.2) is 23.1 Å². The molecule has 2 fully saturated rings. The predicted molar refractivity (Wildman–Crippen MR) is 120 cm³/mol.